The molecule has 2 heterocycles. The Balaban J connectivity index is 1.06. The molecule has 1 aliphatic rings. The van der Waals surface area contributed by atoms with Gasteiger partial charge in [0, 0.05) is 23.3 Å². The molecular weight excluding hydrogens is 555 g/mol. The van der Waals surface area contributed by atoms with Gasteiger partial charge in [0.1, 0.15) is 23.6 Å². The predicted molar refractivity (Wildman–Crippen MR) is 161 cm³/mol. The van der Waals surface area contributed by atoms with Gasteiger partial charge in [-0.3, -0.25) is 0 Å². The smallest absolute Gasteiger partial charge is 0.146 e. The fraction of sp³-hybridized carbons (Fsp3) is 0.419. The third-order valence-corrected chi connectivity index (χ3v) is 8.27. The molecule has 3 N–H and O–H groups in total. The van der Waals surface area contributed by atoms with Crippen LogP contribution in [0, 0.1) is 18.7 Å². The van der Waals surface area contributed by atoms with E-state index in [2.05, 4.69) is 83.8 Å². The van der Waals surface area contributed by atoms with Gasteiger partial charge in [0.25, 0.3) is 0 Å². The van der Waals surface area contributed by atoms with Gasteiger partial charge in [0.2, 0.25) is 0 Å². The molecule has 2 aromatic heterocycles. The number of halogens is 2. The van der Waals surface area contributed by atoms with Crippen molar-refractivity contribution in [3.8, 4) is 0 Å². The quantitative estimate of drug-likeness (QED) is 0.157. The Morgan fingerprint density at radius 2 is 1.85 bits per heavy atom. The molecule has 8 heteroatoms. The number of benzene rings is 2. The summed E-state index contributed by atoms with van der Waals surface area (Å²) in [6.45, 7) is 6.74. The normalized spacial score (nSPS) is 17.2. The minimum absolute atomic E-state index is 0.160. The van der Waals surface area contributed by atoms with Crippen LogP contribution in [0.25, 0.3) is 11.0 Å². The van der Waals surface area contributed by atoms with E-state index in [1.807, 2.05) is 6.07 Å². The zero-order valence-corrected chi connectivity index (χ0v) is 24.2. The second kappa shape index (κ2) is 13.5. The van der Waals surface area contributed by atoms with Crippen LogP contribution in [0.3, 0.4) is 0 Å². The van der Waals surface area contributed by atoms with Crippen molar-refractivity contribution in [2.45, 2.75) is 51.6 Å². The highest BCUT2D eigenvalue weighted by Gasteiger charge is 2.28. The van der Waals surface area contributed by atoms with E-state index in [1.165, 1.54) is 30.0 Å². The van der Waals surface area contributed by atoms with Crippen LogP contribution in [0.1, 0.15) is 48.4 Å². The van der Waals surface area contributed by atoms with E-state index < -0.39 is 0 Å². The lowest BCUT2D eigenvalue weighted by Gasteiger charge is -2.15. The average Bonchev–Trinajstić information content (AvgIpc) is 3.54. The zero-order valence-electron chi connectivity index (χ0n) is 22.6. The summed E-state index contributed by atoms with van der Waals surface area (Å²) >= 11 is 3.78. The summed E-state index contributed by atoms with van der Waals surface area (Å²) in [5.41, 5.74) is 4.53. The Morgan fingerprint density at radius 1 is 1.00 bits per heavy atom. The van der Waals surface area contributed by atoms with Gasteiger partial charge >= 0.3 is 0 Å². The minimum atomic E-state index is -0.160. The van der Waals surface area contributed by atoms with E-state index in [-0.39, 0.29) is 5.82 Å². The molecular formula is C31H38BrFN6. The number of aromatic nitrogens is 3. The number of hydrogen-bond donors (Lipinski definition) is 3. The maximum atomic E-state index is 13.3. The number of fused-ring (bicyclic) bond motifs is 1. The largest absolute Gasteiger partial charge is 0.365 e. The number of aryl methyl sites for hydroxylation is 1. The molecule has 1 saturated carbocycles. The first-order valence-electron chi connectivity index (χ1n) is 14.0. The van der Waals surface area contributed by atoms with Crippen molar-refractivity contribution in [1.82, 2.24) is 25.2 Å². The molecule has 0 saturated heterocycles. The number of nitrogens with one attached hydrogen (secondary N) is 3. The maximum Gasteiger partial charge on any atom is 0.146 e. The van der Waals surface area contributed by atoms with E-state index in [4.69, 9.17) is 0 Å². The van der Waals surface area contributed by atoms with Crippen molar-refractivity contribution in [2.24, 2.45) is 5.92 Å². The summed E-state index contributed by atoms with van der Waals surface area (Å²) in [7, 11) is 0. The average molecular weight is 594 g/mol. The number of rotatable bonds is 13. The summed E-state index contributed by atoms with van der Waals surface area (Å²) < 4.78 is 16.7. The summed E-state index contributed by atoms with van der Waals surface area (Å²) in [5, 5.41) is 11.7. The first-order chi connectivity index (χ1) is 19.1. The lowest BCUT2D eigenvalue weighted by Crippen LogP contribution is -2.26. The molecule has 0 bridgehead atoms. The van der Waals surface area contributed by atoms with Crippen molar-refractivity contribution in [1.29, 1.82) is 0 Å². The van der Waals surface area contributed by atoms with E-state index >= 15 is 0 Å². The van der Waals surface area contributed by atoms with Gasteiger partial charge in [-0.15, -0.1) is 0 Å². The topological polar surface area (TPSA) is 66.8 Å². The van der Waals surface area contributed by atoms with E-state index in [1.54, 1.807) is 18.5 Å². The van der Waals surface area contributed by atoms with E-state index in [0.29, 0.717) is 12.0 Å². The molecule has 0 aliphatic heterocycles. The molecule has 1 fully saturated rings. The lowest BCUT2D eigenvalue weighted by atomic mass is 10.1. The summed E-state index contributed by atoms with van der Waals surface area (Å²) in [6.07, 6.45) is 9.35. The van der Waals surface area contributed by atoms with Gasteiger partial charge in [-0.1, -0.05) is 42.0 Å². The second-order valence-corrected chi connectivity index (χ2v) is 11.5. The molecule has 206 valence electrons. The van der Waals surface area contributed by atoms with Gasteiger partial charge in [-0.05, 0) is 110 Å². The van der Waals surface area contributed by atoms with Crippen LogP contribution in [0.15, 0.2) is 65.5 Å². The van der Waals surface area contributed by atoms with Crippen LogP contribution in [-0.4, -0.2) is 40.7 Å². The lowest BCUT2D eigenvalue weighted by molar-refractivity contribution is 0.452. The molecule has 4 aromatic rings. The highest BCUT2D eigenvalue weighted by molar-refractivity contribution is 9.10. The van der Waals surface area contributed by atoms with Gasteiger partial charge in [0.05, 0.1) is 5.39 Å². The molecule has 6 nitrogen and oxygen atoms in total. The third-order valence-electron chi connectivity index (χ3n) is 7.67. The Bertz CT molecular complexity index is 1360. The van der Waals surface area contributed by atoms with Gasteiger partial charge in [-0.2, -0.15) is 0 Å². The Kier molecular flexibility index (Phi) is 9.61. The van der Waals surface area contributed by atoms with E-state index in [9.17, 15) is 4.39 Å². The molecule has 2 aromatic carbocycles. The number of anilines is 1. The monoisotopic (exact) mass is 592 g/mol. The fourth-order valence-corrected chi connectivity index (χ4v) is 6.11. The highest BCUT2D eigenvalue weighted by Crippen LogP contribution is 2.39. The third kappa shape index (κ3) is 7.44. The standard InChI is InChI=1S/C31H38BrFN6/c1-22-6-8-24(9-7-22)19-36-30-29-28(32)20-39(31(29)38-21-37-30)27-11-10-25(17-27)18-35-14-3-13-34-15-12-23-4-2-5-26(33)16-23/h2,4-9,16,20-21,25,27,34-35H,3,10-15,17-19H2,1H3,(H,36,37,38). The van der Waals surface area contributed by atoms with Crippen molar-refractivity contribution < 1.29 is 4.39 Å². The van der Waals surface area contributed by atoms with Crippen LogP contribution in [-0.2, 0) is 13.0 Å². The van der Waals surface area contributed by atoms with Crippen molar-refractivity contribution >= 4 is 32.8 Å². The van der Waals surface area contributed by atoms with Gasteiger partial charge in [-0.25, -0.2) is 14.4 Å². The number of nitrogens with zero attached hydrogens (tertiary/aromatic N) is 3. The van der Waals surface area contributed by atoms with Crippen LogP contribution < -0.4 is 16.0 Å². The zero-order chi connectivity index (χ0) is 27.0. The summed E-state index contributed by atoms with van der Waals surface area (Å²) in [6, 6.07) is 15.9. The molecule has 1 aliphatic carbocycles. The summed E-state index contributed by atoms with van der Waals surface area (Å²) in [5.74, 6) is 1.38. The summed E-state index contributed by atoms with van der Waals surface area (Å²) in [4.78, 5) is 9.23. The molecule has 2 atom stereocenters. The SMILES string of the molecule is Cc1ccc(CNc2ncnc3c2c(Br)cn3C2CCC(CNCCCNCCc3cccc(F)c3)C2)cc1. The fourth-order valence-electron chi connectivity index (χ4n) is 5.53. The predicted octanol–water partition coefficient (Wildman–Crippen LogP) is 6.41. The van der Waals surface area contributed by atoms with E-state index in [0.717, 1.165) is 78.9 Å². The minimum Gasteiger partial charge on any atom is -0.365 e. The molecule has 0 radical (unpaired) electrons. The number of hydrogen-bond acceptors (Lipinski definition) is 5. The first-order valence-corrected chi connectivity index (χ1v) is 14.8. The van der Waals surface area contributed by atoms with Crippen LogP contribution in [0.2, 0.25) is 0 Å². The molecule has 39 heavy (non-hydrogen) atoms. The molecule has 0 spiro atoms. The Morgan fingerprint density at radius 3 is 2.69 bits per heavy atom. The van der Waals surface area contributed by atoms with Crippen LogP contribution in [0.4, 0.5) is 10.2 Å². The van der Waals surface area contributed by atoms with Crippen molar-refractivity contribution in [3.63, 3.8) is 0 Å². The Labute approximate surface area is 239 Å². The second-order valence-electron chi connectivity index (χ2n) is 10.7. The highest BCUT2D eigenvalue weighted by atomic mass is 79.9. The molecule has 5 rings (SSSR count). The van der Waals surface area contributed by atoms with Crippen LogP contribution in [0.5, 0.6) is 0 Å². The molecule has 2 unspecified atom stereocenters. The first kappa shape index (κ1) is 27.7. The van der Waals surface area contributed by atoms with Crippen molar-refractivity contribution in [2.75, 3.05) is 31.5 Å². The van der Waals surface area contributed by atoms with Crippen molar-refractivity contribution in [3.05, 3.63) is 88.0 Å². The Hall–Kier alpha value is -2.81. The van der Waals surface area contributed by atoms with Gasteiger partial charge < -0.3 is 20.5 Å². The maximum absolute atomic E-state index is 13.3. The van der Waals surface area contributed by atoms with Gasteiger partial charge in [0.15, 0.2) is 0 Å². The van der Waals surface area contributed by atoms with Crippen LogP contribution >= 0.6 is 15.9 Å². The molecule has 0 amide bonds.